The largest absolute Gasteiger partial charge is 0.309 e. The van der Waals surface area contributed by atoms with Crippen LogP contribution in [0.3, 0.4) is 0 Å². The van der Waals surface area contributed by atoms with Crippen LogP contribution < -0.4 is 0 Å². The van der Waals surface area contributed by atoms with E-state index >= 15 is 0 Å². The fraction of sp³-hybridized carbons (Fsp3) is 0. The minimum atomic E-state index is -0.575. The van der Waals surface area contributed by atoms with Crippen molar-refractivity contribution in [2.75, 3.05) is 0 Å². The maximum atomic E-state index is 9.64. The summed E-state index contributed by atoms with van der Waals surface area (Å²) in [5.41, 5.74) is 2.50. The van der Waals surface area contributed by atoms with Crippen molar-refractivity contribution in [3.05, 3.63) is 169 Å². The number of benzene rings is 7. The van der Waals surface area contributed by atoms with Crippen molar-refractivity contribution in [2.45, 2.75) is 0 Å². The average Bonchev–Trinajstić information content (AvgIpc) is 3.80. The summed E-state index contributed by atoms with van der Waals surface area (Å²) in [6, 6.07) is 15.5. The molecule has 2 nitrogen and oxygen atoms in total. The van der Waals surface area contributed by atoms with Crippen LogP contribution in [0.2, 0.25) is 0 Å². The third-order valence-electron chi connectivity index (χ3n) is 7.88. The lowest BCUT2D eigenvalue weighted by Gasteiger charge is -2.11. The van der Waals surface area contributed by atoms with E-state index in [4.69, 9.17) is 12.3 Å². The van der Waals surface area contributed by atoms with Gasteiger partial charge < -0.3 is 9.13 Å². The van der Waals surface area contributed by atoms with Crippen molar-refractivity contribution < 1.29 is 20.6 Å². The van der Waals surface area contributed by atoms with Gasteiger partial charge in [-0.25, -0.2) is 0 Å². The van der Waals surface area contributed by atoms with Crippen molar-refractivity contribution in [1.29, 1.82) is 0 Å². The van der Waals surface area contributed by atoms with E-state index < -0.39 is 84.6 Å². The van der Waals surface area contributed by atoms with Gasteiger partial charge in [0.2, 0.25) is 0 Å². The predicted octanol–water partition coefficient (Wildman–Crippen LogP) is 11.2. The van der Waals surface area contributed by atoms with E-state index in [1.165, 1.54) is 33.4 Å². The fourth-order valence-corrected chi connectivity index (χ4v) is 5.98. The quantitative estimate of drug-likeness (QED) is 0.197. The van der Waals surface area contributed by atoms with Crippen molar-refractivity contribution in [3.8, 4) is 33.6 Å². The summed E-state index contributed by atoms with van der Waals surface area (Å²) in [4.78, 5) is 0. The van der Waals surface area contributed by atoms with Crippen LogP contribution in [0.15, 0.2) is 169 Å². The summed E-state index contributed by atoms with van der Waals surface area (Å²) in [6.45, 7) is 0. The Morgan fingerprint density at radius 3 is 1.57 bits per heavy atom. The molecule has 0 saturated heterocycles. The normalized spacial score (nSPS) is 16.4. The Labute approximate surface area is 276 Å². The number of rotatable bonds is 4. The second-order valence-corrected chi connectivity index (χ2v) is 10.3. The van der Waals surface area contributed by atoms with Crippen LogP contribution >= 0.6 is 0 Å². The number of aromatic nitrogens is 2. The molecule has 206 valence electrons. The highest BCUT2D eigenvalue weighted by Crippen LogP contribution is 2.42. The molecule has 44 heavy (non-hydrogen) atoms. The Hall–Kier alpha value is -5.86. The summed E-state index contributed by atoms with van der Waals surface area (Å²) in [5.74, 6) is 0. The van der Waals surface area contributed by atoms with Crippen molar-refractivity contribution in [2.24, 2.45) is 0 Å². The minimum absolute atomic E-state index is 0.00221. The van der Waals surface area contributed by atoms with E-state index in [-0.39, 0.29) is 66.5 Å². The highest BCUT2D eigenvalue weighted by molar-refractivity contribution is 6.28. The predicted molar refractivity (Wildman–Crippen MR) is 186 cm³/mol. The van der Waals surface area contributed by atoms with Crippen LogP contribution in [0.4, 0.5) is 0 Å². The first-order valence-electron chi connectivity index (χ1n) is 21.4. The van der Waals surface area contributed by atoms with Crippen LogP contribution in [0.1, 0.15) is 20.6 Å². The van der Waals surface area contributed by atoms with Gasteiger partial charge in [0, 0.05) is 32.9 Å². The second kappa shape index (κ2) is 9.86. The first-order chi connectivity index (χ1) is 28.1. The maximum Gasteiger partial charge on any atom is 0.0646 e. The minimum Gasteiger partial charge on any atom is -0.309 e. The molecule has 0 aliphatic rings. The van der Waals surface area contributed by atoms with Crippen LogP contribution in [-0.2, 0) is 0 Å². The molecule has 0 saturated carbocycles. The lowest BCUT2D eigenvalue weighted by molar-refractivity contribution is 1.17. The smallest absolute Gasteiger partial charge is 0.0646 e. The van der Waals surface area contributed by atoms with Gasteiger partial charge >= 0.3 is 0 Å². The molecule has 9 aromatic rings. The van der Waals surface area contributed by atoms with Crippen molar-refractivity contribution in [1.82, 2.24) is 9.13 Å². The molecule has 2 aromatic heterocycles. The molecular weight excluding hydrogens is 532 g/mol. The zero-order valence-electron chi connectivity index (χ0n) is 37.9. The van der Waals surface area contributed by atoms with Gasteiger partial charge in [0.05, 0.1) is 42.6 Å². The monoisotopic (exact) mass is 575 g/mol. The molecule has 0 N–H and O–H groups in total. The maximum absolute atomic E-state index is 9.64. The lowest BCUT2D eigenvalue weighted by Crippen LogP contribution is -1.95. The molecule has 0 atom stereocenters. The third kappa shape index (κ3) is 3.75. The molecular formula is C42H28N2. The molecule has 2 heterocycles. The summed E-state index contributed by atoms with van der Waals surface area (Å²) < 4.78 is 135. The van der Waals surface area contributed by atoms with Crippen LogP contribution in [0.5, 0.6) is 0 Å². The molecule has 0 spiro atoms. The van der Waals surface area contributed by atoms with Gasteiger partial charge in [-0.15, -0.1) is 0 Å². The highest BCUT2D eigenvalue weighted by Gasteiger charge is 2.20. The number of para-hydroxylation sites is 2. The number of nitrogens with zero attached hydrogens (tertiary/aromatic N) is 2. The number of hydrogen-bond acceptors (Lipinski definition) is 0. The van der Waals surface area contributed by atoms with Gasteiger partial charge in [0.25, 0.3) is 0 Å². The number of hydrogen-bond donors (Lipinski definition) is 0. The molecule has 9 rings (SSSR count). The molecule has 0 amide bonds. The molecule has 0 aliphatic carbocycles. The van der Waals surface area contributed by atoms with Gasteiger partial charge in [-0.3, -0.25) is 0 Å². The SMILES string of the molecule is [2H]c1c([2H])c([2H])c(-c2ccc(-n3c4c([2H])c([2H])c([2H])c([2H])c4c4c5c6c([2H])c([2H])c([2H])c([2H])c6n(-c6cccc(-c7ccccc7)c6)c5c([2H])c([2H])c43)cc2)c([2H])c1[2H]. The van der Waals surface area contributed by atoms with E-state index in [2.05, 4.69) is 0 Å². The van der Waals surface area contributed by atoms with E-state index in [9.17, 15) is 8.22 Å². The van der Waals surface area contributed by atoms with Gasteiger partial charge in [-0.2, -0.15) is 0 Å². The first kappa shape index (κ1) is 14.1. The van der Waals surface area contributed by atoms with E-state index in [0.717, 1.165) is 11.1 Å². The van der Waals surface area contributed by atoms with Crippen molar-refractivity contribution >= 4 is 43.6 Å². The van der Waals surface area contributed by atoms with E-state index in [0.29, 0.717) is 5.69 Å². The molecule has 0 fully saturated rings. The summed E-state index contributed by atoms with van der Waals surface area (Å²) in [5, 5.41) is 0.129. The third-order valence-corrected chi connectivity index (χ3v) is 7.88. The van der Waals surface area contributed by atoms with Crippen molar-refractivity contribution in [3.63, 3.8) is 0 Å². The topological polar surface area (TPSA) is 9.86 Å². The summed E-state index contributed by atoms with van der Waals surface area (Å²) >= 11 is 0. The fourth-order valence-electron chi connectivity index (χ4n) is 5.98. The molecule has 7 aromatic carbocycles. The Balaban J connectivity index is 1.47. The Kier molecular flexibility index (Phi) is 3.15. The molecule has 2 heteroatoms. The Morgan fingerprint density at radius 2 is 0.909 bits per heavy atom. The first-order valence-corrected chi connectivity index (χ1v) is 13.9. The standard InChI is InChI=1S/C42H28N2/c1-3-12-29(13-4-1)31-22-24-33(25-23-31)43-37-20-9-7-18-35(37)41-39(43)26-27-40-42(41)36-19-8-10-21-38(36)44(40)34-17-11-16-32(28-34)30-14-5-2-6-15-30/h1-28H/i1D,3D,4D,7D,8D,9D,10D,12D,13D,18D,19D,20D,21D,26D,27D. The van der Waals surface area contributed by atoms with Crippen LogP contribution in [-0.4, -0.2) is 9.13 Å². The Bertz CT molecular complexity index is 3290. The van der Waals surface area contributed by atoms with E-state index in [1.807, 2.05) is 42.5 Å². The van der Waals surface area contributed by atoms with Gasteiger partial charge in [-0.05, 0) is 70.7 Å². The average molecular weight is 576 g/mol. The summed E-state index contributed by atoms with van der Waals surface area (Å²) in [7, 11) is 0. The zero-order valence-corrected chi connectivity index (χ0v) is 22.9. The van der Waals surface area contributed by atoms with Crippen LogP contribution in [0, 0.1) is 0 Å². The second-order valence-electron chi connectivity index (χ2n) is 10.3. The number of fused-ring (bicyclic) bond motifs is 7. The van der Waals surface area contributed by atoms with Gasteiger partial charge in [0.1, 0.15) is 0 Å². The van der Waals surface area contributed by atoms with Gasteiger partial charge in [-0.1, -0.05) is 121 Å². The highest BCUT2D eigenvalue weighted by atomic mass is 15.0. The van der Waals surface area contributed by atoms with Gasteiger partial charge in [0.15, 0.2) is 0 Å². The Morgan fingerprint density at radius 1 is 0.364 bits per heavy atom. The van der Waals surface area contributed by atoms with E-state index in [1.54, 1.807) is 12.1 Å². The zero-order chi connectivity index (χ0) is 42.1. The molecule has 0 unspecified atom stereocenters. The summed E-state index contributed by atoms with van der Waals surface area (Å²) in [6.07, 6.45) is 0. The molecule has 0 aliphatic heterocycles. The van der Waals surface area contributed by atoms with Crippen LogP contribution in [0.25, 0.3) is 77.2 Å². The lowest BCUT2D eigenvalue weighted by atomic mass is 10.0. The molecule has 0 radical (unpaired) electrons. The molecule has 0 bridgehead atoms.